The molecule has 0 unspecified atom stereocenters. The molecule has 1 aliphatic carbocycles. The average molecular weight is 482 g/mol. The Morgan fingerprint density at radius 3 is 2.26 bits per heavy atom. The molecule has 1 fully saturated rings. The highest BCUT2D eigenvalue weighted by molar-refractivity contribution is 5.86. The maximum Gasteiger partial charge on any atom is 0.407 e. The summed E-state index contributed by atoms with van der Waals surface area (Å²) >= 11 is 0. The van der Waals surface area contributed by atoms with Crippen LogP contribution in [0.1, 0.15) is 23.5 Å². The lowest BCUT2D eigenvalue weighted by atomic mass is 9.98. The van der Waals surface area contributed by atoms with Crippen LogP contribution >= 0.6 is 0 Å². The fraction of sp³-hybridized carbons (Fsp3) is 0.423. The Bertz CT molecular complexity index is 1040. The van der Waals surface area contributed by atoms with Gasteiger partial charge in [0, 0.05) is 25.6 Å². The highest BCUT2D eigenvalue weighted by Crippen LogP contribution is 2.44. The first-order valence-corrected chi connectivity index (χ1v) is 11.7. The molecule has 2 aromatic carbocycles. The Hall–Kier alpha value is -3.43. The number of nitrogens with one attached hydrogen (secondary N) is 1. The van der Waals surface area contributed by atoms with Gasteiger partial charge in [-0.1, -0.05) is 48.5 Å². The number of alkyl carbamates (subject to hydrolysis) is 1. The Morgan fingerprint density at radius 2 is 1.66 bits per heavy atom. The van der Waals surface area contributed by atoms with E-state index in [1.807, 2.05) is 55.4 Å². The van der Waals surface area contributed by atoms with Crippen LogP contribution in [0.4, 0.5) is 4.79 Å². The summed E-state index contributed by atoms with van der Waals surface area (Å²) in [7, 11) is 3.69. The molecule has 0 spiro atoms. The fourth-order valence-corrected chi connectivity index (χ4v) is 4.70. The second kappa shape index (κ2) is 10.9. The normalized spacial score (nSPS) is 18.7. The highest BCUT2D eigenvalue weighted by atomic mass is 16.6. The minimum atomic E-state index is -1.10. The third-order valence-corrected chi connectivity index (χ3v) is 6.44. The number of amides is 2. The van der Waals surface area contributed by atoms with Crippen LogP contribution in [0.5, 0.6) is 0 Å². The van der Waals surface area contributed by atoms with Gasteiger partial charge < -0.3 is 29.7 Å². The molecule has 2 aromatic rings. The van der Waals surface area contributed by atoms with Gasteiger partial charge in [0.05, 0.1) is 6.04 Å². The monoisotopic (exact) mass is 481 g/mol. The minimum absolute atomic E-state index is 0.0671. The molecule has 35 heavy (non-hydrogen) atoms. The van der Waals surface area contributed by atoms with Crippen molar-refractivity contribution in [1.82, 2.24) is 15.1 Å². The number of benzene rings is 2. The van der Waals surface area contributed by atoms with Crippen LogP contribution in [0.3, 0.4) is 0 Å². The molecular weight excluding hydrogens is 450 g/mol. The maximum absolute atomic E-state index is 13.1. The number of hydrogen-bond acceptors (Lipinski definition) is 6. The zero-order valence-corrected chi connectivity index (χ0v) is 20.0. The van der Waals surface area contributed by atoms with Crippen molar-refractivity contribution in [1.29, 1.82) is 0 Å². The van der Waals surface area contributed by atoms with E-state index in [9.17, 15) is 19.5 Å². The van der Waals surface area contributed by atoms with Crippen LogP contribution in [0.15, 0.2) is 48.5 Å². The minimum Gasteiger partial charge on any atom is -0.480 e. The molecular formula is C26H31N3O6. The van der Waals surface area contributed by atoms with Gasteiger partial charge in [-0.3, -0.25) is 9.59 Å². The third-order valence-electron chi connectivity index (χ3n) is 6.44. The second-order valence-electron chi connectivity index (χ2n) is 9.11. The zero-order valence-electron chi connectivity index (χ0n) is 20.0. The van der Waals surface area contributed by atoms with Gasteiger partial charge in [0.2, 0.25) is 0 Å². The predicted octanol–water partition coefficient (Wildman–Crippen LogP) is 2.16. The summed E-state index contributed by atoms with van der Waals surface area (Å²) in [5.74, 6) is -1.62. The van der Waals surface area contributed by atoms with Crippen molar-refractivity contribution in [2.45, 2.75) is 24.5 Å². The largest absolute Gasteiger partial charge is 0.480 e. The number of fused-ring (bicyclic) bond motifs is 3. The number of carboxylic acids is 1. The van der Waals surface area contributed by atoms with Crippen molar-refractivity contribution in [3.63, 3.8) is 0 Å². The molecule has 0 aromatic heterocycles. The summed E-state index contributed by atoms with van der Waals surface area (Å²) in [6.45, 7) is 0.787. The average Bonchev–Trinajstić information content (AvgIpc) is 3.42. The molecule has 0 radical (unpaired) electrons. The quantitative estimate of drug-likeness (QED) is 0.565. The van der Waals surface area contributed by atoms with Gasteiger partial charge in [-0.2, -0.15) is 0 Å². The van der Waals surface area contributed by atoms with E-state index in [1.165, 1.54) is 4.90 Å². The van der Waals surface area contributed by atoms with Crippen molar-refractivity contribution >= 4 is 18.0 Å². The number of nitrogens with zero attached hydrogens (tertiary/aromatic N) is 2. The number of likely N-dealkylation sites (N-methyl/N-ethyl adjacent to an activating group) is 1. The molecule has 2 amide bonds. The molecule has 1 heterocycles. The van der Waals surface area contributed by atoms with Gasteiger partial charge in [0.1, 0.15) is 13.2 Å². The van der Waals surface area contributed by atoms with E-state index >= 15 is 0 Å². The predicted molar refractivity (Wildman–Crippen MR) is 129 cm³/mol. The summed E-state index contributed by atoms with van der Waals surface area (Å²) < 4.78 is 11.2. The molecule has 0 bridgehead atoms. The van der Waals surface area contributed by atoms with Crippen LogP contribution in [0.25, 0.3) is 11.1 Å². The molecule has 9 heteroatoms. The summed E-state index contributed by atoms with van der Waals surface area (Å²) in [6.07, 6.45) is -1.13. The molecule has 2 aliphatic rings. The lowest BCUT2D eigenvalue weighted by Crippen LogP contribution is -2.52. The SMILES string of the molecule is CN(C)CCN(CC(=O)O)C(=O)[C@@H]1OCC[C@@H]1NC(=O)OCC1c2ccccc2-c2ccccc21. The number of hydrogen-bond donors (Lipinski definition) is 2. The standard InChI is InChI=1S/C26H31N3O6/c1-28(2)12-13-29(15-23(30)31)25(32)24-22(11-14-34-24)27-26(33)35-16-21-19-9-5-3-7-17(19)18-8-4-6-10-20(18)21/h3-10,21-22,24H,11-16H2,1-2H3,(H,27,33)(H,30,31)/t22-,24+/m0/s1. The van der Waals surface area contributed by atoms with Crippen molar-refractivity contribution in [2.24, 2.45) is 0 Å². The van der Waals surface area contributed by atoms with Gasteiger partial charge in [0.25, 0.3) is 5.91 Å². The van der Waals surface area contributed by atoms with Crippen LogP contribution in [0.2, 0.25) is 0 Å². The topological polar surface area (TPSA) is 108 Å². The number of ether oxygens (including phenoxy) is 2. The Labute approximate surface area is 204 Å². The van der Waals surface area contributed by atoms with Gasteiger partial charge in [-0.05, 0) is 42.8 Å². The van der Waals surface area contributed by atoms with Crippen molar-refractivity contribution in [3.8, 4) is 11.1 Å². The smallest absolute Gasteiger partial charge is 0.407 e. The molecule has 9 nitrogen and oxygen atoms in total. The number of aliphatic carboxylic acids is 1. The summed E-state index contributed by atoms with van der Waals surface area (Å²) in [6, 6.07) is 15.6. The van der Waals surface area contributed by atoms with Crippen molar-refractivity contribution < 1.29 is 29.0 Å². The second-order valence-corrected chi connectivity index (χ2v) is 9.11. The first kappa shape index (κ1) is 24.7. The molecule has 186 valence electrons. The molecule has 1 saturated heterocycles. The van der Waals surface area contributed by atoms with Crippen LogP contribution in [0, 0.1) is 0 Å². The lowest BCUT2D eigenvalue weighted by Gasteiger charge is -2.27. The van der Waals surface area contributed by atoms with Crippen molar-refractivity contribution in [2.75, 3.05) is 46.9 Å². The summed E-state index contributed by atoms with van der Waals surface area (Å²) in [5, 5.41) is 12.0. The molecule has 2 atom stereocenters. The van der Waals surface area contributed by atoms with Gasteiger partial charge in [-0.25, -0.2) is 4.79 Å². The molecule has 4 rings (SSSR count). The highest BCUT2D eigenvalue weighted by Gasteiger charge is 2.39. The van der Waals surface area contributed by atoms with Crippen molar-refractivity contribution in [3.05, 3.63) is 59.7 Å². The first-order valence-electron chi connectivity index (χ1n) is 11.7. The van der Waals surface area contributed by atoms with E-state index in [0.29, 0.717) is 19.6 Å². The van der Waals surface area contributed by atoms with E-state index in [4.69, 9.17) is 9.47 Å². The van der Waals surface area contributed by atoms with E-state index in [2.05, 4.69) is 17.4 Å². The fourth-order valence-electron chi connectivity index (χ4n) is 4.70. The first-order chi connectivity index (χ1) is 16.8. The van der Waals surface area contributed by atoms with Crippen LogP contribution in [-0.2, 0) is 19.1 Å². The number of carbonyl (C=O) groups is 3. The number of carboxylic acid groups (broad SMARTS) is 1. The van der Waals surface area contributed by atoms with Gasteiger partial charge in [0.15, 0.2) is 6.10 Å². The van der Waals surface area contributed by atoms with E-state index < -0.39 is 36.7 Å². The number of rotatable bonds is 9. The lowest BCUT2D eigenvalue weighted by molar-refractivity contribution is -0.149. The summed E-state index contributed by atoms with van der Waals surface area (Å²) in [5.41, 5.74) is 4.51. The van der Waals surface area contributed by atoms with E-state index in [1.54, 1.807) is 0 Å². The molecule has 2 N–H and O–H groups in total. The van der Waals surface area contributed by atoms with Gasteiger partial charge >= 0.3 is 12.1 Å². The summed E-state index contributed by atoms with van der Waals surface area (Å²) in [4.78, 5) is 40.2. The Kier molecular flexibility index (Phi) is 7.67. The van der Waals surface area contributed by atoms with Crippen LogP contribution in [-0.4, -0.2) is 92.0 Å². The number of carbonyl (C=O) groups excluding carboxylic acids is 2. The van der Waals surface area contributed by atoms with Gasteiger partial charge in [-0.15, -0.1) is 0 Å². The maximum atomic E-state index is 13.1. The Morgan fingerprint density at radius 1 is 1.03 bits per heavy atom. The molecule has 0 saturated carbocycles. The van der Waals surface area contributed by atoms with E-state index in [0.717, 1.165) is 22.3 Å². The zero-order chi connectivity index (χ0) is 24.9. The van der Waals surface area contributed by atoms with E-state index in [-0.39, 0.29) is 19.1 Å². The van der Waals surface area contributed by atoms with Crippen LogP contribution < -0.4 is 5.32 Å². The Balaban J connectivity index is 1.38. The third kappa shape index (κ3) is 5.63. The molecule has 1 aliphatic heterocycles.